The molecular formula is C14H14F10NO7S-. The second-order valence-corrected chi connectivity index (χ2v) is 7.43. The number of ether oxygens (including phenoxy) is 2. The topological polar surface area (TPSA) is 122 Å². The molecule has 0 aromatic rings. The molecule has 0 heterocycles. The number of amides is 1. The molecule has 33 heavy (non-hydrogen) atoms. The van der Waals surface area contributed by atoms with E-state index in [9.17, 15) is 66.5 Å². The summed E-state index contributed by atoms with van der Waals surface area (Å²) in [6.07, 6.45) is -14.7. The molecule has 0 rings (SSSR count). The summed E-state index contributed by atoms with van der Waals surface area (Å²) in [7, 11) is -7.04. The van der Waals surface area contributed by atoms with E-state index in [4.69, 9.17) is 0 Å². The van der Waals surface area contributed by atoms with E-state index in [1.807, 2.05) is 0 Å². The van der Waals surface area contributed by atoms with Crippen LogP contribution < -0.4 is 5.32 Å². The number of esters is 1. The molecular weight excluding hydrogens is 516 g/mol. The zero-order valence-electron chi connectivity index (χ0n) is 16.1. The lowest BCUT2D eigenvalue weighted by Crippen LogP contribution is -2.62. The van der Waals surface area contributed by atoms with Crippen molar-refractivity contribution in [2.24, 2.45) is 0 Å². The predicted octanol–water partition coefficient (Wildman–Crippen LogP) is 2.61. The molecule has 1 unspecified atom stereocenters. The van der Waals surface area contributed by atoms with Crippen molar-refractivity contribution in [2.45, 2.75) is 49.1 Å². The number of rotatable bonds is 11. The molecule has 0 saturated heterocycles. The smallest absolute Gasteiger partial charge is 0.466 e. The summed E-state index contributed by atoms with van der Waals surface area (Å²) in [6.45, 7) is 0.399. The van der Waals surface area contributed by atoms with Crippen molar-refractivity contribution in [3.63, 3.8) is 0 Å². The Balaban J connectivity index is 6.19. The molecule has 8 nitrogen and oxygen atoms in total. The van der Waals surface area contributed by atoms with E-state index in [2.05, 4.69) is 16.1 Å². The van der Waals surface area contributed by atoms with Crippen molar-refractivity contribution in [3.8, 4) is 0 Å². The zero-order chi connectivity index (χ0) is 26.7. The van der Waals surface area contributed by atoms with Gasteiger partial charge in [0.25, 0.3) is 0 Å². The van der Waals surface area contributed by atoms with Crippen LogP contribution in [-0.4, -0.2) is 67.3 Å². The third-order valence-electron chi connectivity index (χ3n) is 3.49. The zero-order valence-corrected chi connectivity index (χ0v) is 16.9. The van der Waals surface area contributed by atoms with Gasteiger partial charge in [0.05, 0.1) is 6.61 Å². The van der Waals surface area contributed by atoms with E-state index in [1.165, 1.54) is 12.2 Å². The molecule has 194 valence electrons. The summed E-state index contributed by atoms with van der Waals surface area (Å²) < 4.78 is 170. The van der Waals surface area contributed by atoms with E-state index in [0.717, 1.165) is 0 Å². The molecule has 19 heteroatoms. The second kappa shape index (κ2) is 10.00. The van der Waals surface area contributed by atoms with Crippen LogP contribution in [0.1, 0.15) is 19.8 Å². The Hall–Kier alpha value is -2.15. The van der Waals surface area contributed by atoms with Gasteiger partial charge in [0.2, 0.25) is 0 Å². The van der Waals surface area contributed by atoms with Gasteiger partial charge in [-0.25, -0.2) is 13.2 Å². The highest BCUT2D eigenvalue weighted by Gasteiger charge is 2.68. The Bertz CT molecular complexity index is 853. The van der Waals surface area contributed by atoms with Crippen molar-refractivity contribution in [1.29, 1.82) is 0 Å². The van der Waals surface area contributed by atoms with Crippen molar-refractivity contribution < 1.29 is 75.9 Å². The maximum atomic E-state index is 13.6. The van der Waals surface area contributed by atoms with Crippen LogP contribution >= 0.6 is 0 Å². The Morgan fingerprint density at radius 1 is 1.00 bits per heavy atom. The SMILES string of the molecule is C=C(C(=O)OC(OCCC(F)(F)C(F)(F)S(=O)(=O)[O-])(C(=O)NCCC)C(F)(F)F)C(F)(F)F. The molecule has 0 fully saturated rings. The van der Waals surface area contributed by atoms with Crippen LogP contribution in [0, 0.1) is 0 Å². The summed E-state index contributed by atoms with van der Waals surface area (Å²) >= 11 is 0. The molecule has 0 saturated carbocycles. The fourth-order valence-corrected chi connectivity index (χ4v) is 2.19. The molecule has 1 amide bonds. The highest BCUT2D eigenvalue weighted by atomic mass is 32.2. The maximum Gasteiger partial charge on any atom is 0.466 e. The Morgan fingerprint density at radius 3 is 1.85 bits per heavy atom. The lowest BCUT2D eigenvalue weighted by molar-refractivity contribution is -0.350. The lowest BCUT2D eigenvalue weighted by atomic mass is 10.2. The summed E-state index contributed by atoms with van der Waals surface area (Å²) in [5, 5.41) is -4.94. The van der Waals surface area contributed by atoms with E-state index in [-0.39, 0.29) is 6.42 Å². The fraction of sp³-hybridized carbons (Fsp3) is 0.714. The van der Waals surface area contributed by atoms with Gasteiger partial charge in [0, 0.05) is 13.0 Å². The number of carbonyl (C=O) groups excluding carboxylic acids is 2. The van der Waals surface area contributed by atoms with Crippen LogP contribution in [0.25, 0.3) is 0 Å². The van der Waals surface area contributed by atoms with Gasteiger partial charge in [-0.3, -0.25) is 4.79 Å². The molecule has 0 aromatic heterocycles. The maximum absolute atomic E-state index is 13.6. The minimum absolute atomic E-state index is 0.103. The first-order valence-corrected chi connectivity index (χ1v) is 9.58. The number of carbonyl (C=O) groups is 2. The van der Waals surface area contributed by atoms with Gasteiger partial charge in [0.1, 0.15) is 5.57 Å². The van der Waals surface area contributed by atoms with Gasteiger partial charge < -0.3 is 19.3 Å². The van der Waals surface area contributed by atoms with Crippen molar-refractivity contribution in [1.82, 2.24) is 5.32 Å². The number of hydrogen-bond acceptors (Lipinski definition) is 7. The highest BCUT2D eigenvalue weighted by molar-refractivity contribution is 7.86. The van der Waals surface area contributed by atoms with Crippen molar-refractivity contribution >= 4 is 22.0 Å². The van der Waals surface area contributed by atoms with Crippen LogP contribution in [0.5, 0.6) is 0 Å². The third-order valence-corrected chi connectivity index (χ3v) is 4.42. The van der Waals surface area contributed by atoms with Crippen molar-refractivity contribution in [2.75, 3.05) is 13.2 Å². The first-order valence-electron chi connectivity index (χ1n) is 8.17. The van der Waals surface area contributed by atoms with E-state index in [0.29, 0.717) is 0 Å². The predicted molar refractivity (Wildman–Crippen MR) is 83.5 cm³/mol. The summed E-state index contributed by atoms with van der Waals surface area (Å²) in [5.41, 5.74) is -2.59. The van der Waals surface area contributed by atoms with Crippen LogP contribution in [0.4, 0.5) is 43.9 Å². The number of hydrogen-bond donors (Lipinski definition) is 1. The molecule has 0 aromatic carbocycles. The van der Waals surface area contributed by atoms with Crippen LogP contribution in [0.2, 0.25) is 0 Å². The Morgan fingerprint density at radius 2 is 1.48 bits per heavy atom. The summed E-state index contributed by atoms with van der Waals surface area (Å²) in [6, 6.07) is 0. The minimum atomic E-state index is -7.04. The third kappa shape index (κ3) is 6.92. The molecule has 0 bridgehead atoms. The van der Waals surface area contributed by atoms with E-state index in [1.54, 1.807) is 0 Å². The first-order chi connectivity index (χ1) is 14.5. The average Bonchev–Trinajstić information content (AvgIpc) is 2.61. The molecule has 0 radical (unpaired) electrons. The van der Waals surface area contributed by atoms with E-state index < -0.39 is 76.5 Å². The van der Waals surface area contributed by atoms with Gasteiger partial charge in [-0.05, 0) is 6.42 Å². The van der Waals surface area contributed by atoms with Gasteiger partial charge in [-0.15, -0.1) is 0 Å². The summed E-state index contributed by atoms with van der Waals surface area (Å²) in [4.78, 5) is 23.5. The van der Waals surface area contributed by atoms with Crippen molar-refractivity contribution in [3.05, 3.63) is 12.2 Å². The van der Waals surface area contributed by atoms with Crippen LogP contribution in [0.3, 0.4) is 0 Å². The normalized spacial score (nSPS) is 15.5. The Kier molecular flexibility index (Phi) is 9.35. The molecule has 0 aliphatic heterocycles. The first kappa shape index (κ1) is 30.9. The molecule has 0 aliphatic carbocycles. The summed E-state index contributed by atoms with van der Waals surface area (Å²) in [5.74, 6) is -16.4. The Labute approximate surface area is 178 Å². The fourth-order valence-electron chi connectivity index (χ4n) is 1.72. The molecule has 1 atom stereocenters. The molecule has 0 aliphatic rings. The minimum Gasteiger partial charge on any atom is -0.743 e. The van der Waals surface area contributed by atoms with Gasteiger partial charge >= 0.3 is 41.2 Å². The monoisotopic (exact) mass is 530 g/mol. The largest absolute Gasteiger partial charge is 0.743 e. The van der Waals surface area contributed by atoms with Gasteiger partial charge in [0.15, 0.2) is 10.1 Å². The molecule has 1 N–H and O–H groups in total. The van der Waals surface area contributed by atoms with Crippen LogP contribution in [0.15, 0.2) is 12.2 Å². The number of alkyl halides is 10. The van der Waals surface area contributed by atoms with Gasteiger partial charge in [-0.2, -0.15) is 43.9 Å². The van der Waals surface area contributed by atoms with Crippen LogP contribution in [-0.2, 0) is 29.2 Å². The molecule has 0 spiro atoms. The second-order valence-electron chi connectivity index (χ2n) is 6.01. The van der Waals surface area contributed by atoms with Gasteiger partial charge in [-0.1, -0.05) is 13.5 Å². The lowest BCUT2D eigenvalue weighted by Gasteiger charge is -2.34. The average molecular weight is 530 g/mol. The van der Waals surface area contributed by atoms with E-state index >= 15 is 0 Å². The highest BCUT2D eigenvalue weighted by Crippen LogP contribution is 2.42. The number of halogens is 10. The number of nitrogens with one attached hydrogen (secondary N) is 1. The quantitative estimate of drug-likeness (QED) is 0.143. The standard InChI is InChI=1S/C14H15F10NO7S/c1-3-5-25-9(27)11(13(20,21)22,32-8(26)7(2)12(17,18)19)31-6-4-10(15,16)14(23,24)33(28,29)30/h2-6H2,1H3,(H,25,27)(H,28,29,30)/p-1.